The summed E-state index contributed by atoms with van der Waals surface area (Å²) in [7, 11) is 0. The summed E-state index contributed by atoms with van der Waals surface area (Å²) in [5.74, 6) is 1.20. The summed E-state index contributed by atoms with van der Waals surface area (Å²) in [6, 6.07) is 7.32. The Bertz CT molecular complexity index is 942. The van der Waals surface area contributed by atoms with Gasteiger partial charge in [0, 0.05) is 37.4 Å². The molecule has 1 fully saturated rings. The van der Waals surface area contributed by atoms with Crippen LogP contribution in [0.3, 0.4) is 0 Å². The molecule has 0 aliphatic carbocycles. The fourth-order valence-electron chi connectivity index (χ4n) is 3.98. The van der Waals surface area contributed by atoms with Gasteiger partial charge in [0.05, 0.1) is 17.7 Å². The maximum Gasteiger partial charge on any atom is 0.257 e. The van der Waals surface area contributed by atoms with Crippen LogP contribution in [0.2, 0.25) is 0 Å². The Morgan fingerprint density at radius 2 is 2.00 bits per heavy atom. The number of nitrogens with zero attached hydrogens (tertiary/aromatic N) is 3. The van der Waals surface area contributed by atoms with E-state index in [2.05, 4.69) is 27.4 Å². The molecule has 2 aliphatic rings. The number of piperidine rings is 1. The minimum Gasteiger partial charge on any atom is -0.492 e. The van der Waals surface area contributed by atoms with Crippen molar-refractivity contribution in [2.45, 2.75) is 32.2 Å². The van der Waals surface area contributed by atoms with Crippen LogP contribution in [0, 0.1) is 12.8 Å². The molecule has 0 spiro atoms. The van der Waals surface area contributed by atoms with Gasteiger partial charge in [-0.2, -0.15) is 0 Å². The van der Waals surface area contributed by atoms with Crippen molar-refractivity contribution in [3.05, 3.63) is 65.8 Å². The zero-order chi connectivity index (χ0) is 20.9. The van der Waals surface area contributed by atoms with Crippen LogP contribution >= 0.6 is 0 Å². The smallest absolute Gasteiger partial charge is 0.257 e. The lowest BCUT2D eigenvalue weighted by Crippen LogP contribution is -2.52. The van der Waals surface area contributed by atoms with E-state index < -0.39 is 0 Å². The van der Waals surface area contributed by atoms with Gasteiger partial charge in [-0.05, 0) is 38.3 Å². The minimum atomic E-state index is -0.128. The second kappa shape index (κ2) is 9.07. The molecule has 2 aromatic rings. The first-order valence-corrected chi connectivity index (χ1v) is 10.4. The highest BCUT2D eigenvalue weighted by atomic mass is 16.5. The summed E-state index contributed by atoms with van der Waals surface area (Å²) in [6.45, 7) is 3.48. The molecule has 2 amide bonds. The number of fused-ring (bicyclic) bond motifs is 2. The number of para-hydroxylation sites is 1. The number of hydrogen-bond acceptors (Lipinski definition) is 5. The molecule has 1 aromatic heterocycles. The van der Waals surface area contributed by atoms with Crippen LogP contribution in [0.15, 0.2) is 48.8 Å². The Kier molecular flexibility index (Phi) is 6.07. The van der Waals surface area contributed by atoms with E-state index >= 15 is 0 Å². The summed E-state index contributed by atoms with van der Waals surface area (Å²) in [6.07, 6.45) is 9.66. The second-order valence-corrected chi connectivity index (χ2v) is 7.74. The molecular weight excluding hydrogens is 380 g/mol. The molecule has 1 saturated heterocycles. The monoisotopic (exact) mass is 406 g/mol. The van der Waals surface area contributed by atoms with E-state index in [4.69, 9.17) is 4.74 Å². The Balaban J connectivity index is 1.52. The van der Waals surface area contributed by atoms with Crippen LogP contribution in [0.4, 0.5) is 0 Å². The van der Waals surface area contributed by atoms with Crippen molar-refractivity contribution in [2.75, 3.05) is 19.7 Å². The number of aryl methyl sites for hydroxylation is 1. The van der Waals surface area contributed by atoms with Crippen LogP contribution in [0.5, 0.6) is 5.75 Å². The standard InChI is InChI=1S/C23H26N4O3/c1-16-24-13-18(14-25-16)23(29)27-11-10-20-17(15-27)7-3-2-6-12-30-21-9-5-4-8-19(21)22(28)26-20/h2-5,8-9,13-14,17,20H,6-7,10-12,15H2,1H3,(H,26,28)/b3-2+/t17-,20+/m0/s1. The molecular formula is C23H26N4O3. The Morgan fingerprint density at radius 3 is 2.83 bits per heavy atom. The first kappa shape index (κ1) is 20.1. The summed E-state index contributed by atoms with van der Waals surface area (Å²) in [4.78, 5) is 36.0. The number of likely N-dealkylation sites (tertiary alicyclic amines) is 1. The predicted octanol–water partition coefficient (Wildman–Crippen LogP) is 2.77. The molecule has 2 aliphatic heterocycles. The third-order valence-electron chi connectivity index (χ3n) is 5.64. The number of hydrogen-bond donors (Lipinski definition) is 1. The van der Waals surface area contributed by atoms with Crippen molar-refractivity contribution in [1.82, 2.24) is 20.2 Å². The Labute approximate surface area is 176 Å². The number of aromatic nitrogens is 2. The lowest BCUT2D eigenvalue weighted by molar-refractivity contribution is 0.0618. The van der Waals surface area contributed by atoms with Gasteiger partial charge in [0.1, 0.15) is 11.6 Å². The van der Waals surface area contributed by atoms with Gasteiger partial charge < -0.3 is 15.0 Å². The molecule has 7 heteroatoms. The van der Waals surface area contributed by atoms with Gasteiger partial charge in [-0.15, -0.1) is 0 Å². The van der Waals surface area contributed by atoms with Crippen LogP contribution < -0.4 is 10.1 Å². The van der Waals surface area contributed by atoms with Crippen molar-refractivity contribution in [1.29, 1.82) is 0 Å². The third kappa shape index (κ3) is 4.50. The number of amides is 2. The normalized spacial score (nSPS) is 23.0. The highest BCUT2D eigenvalue weighted by molar-refractivity contribution is 5.97. The molecule has 0 unspecified atom stereocenters. The molecule has 156 valence electrons. The van der Waals surface area contributed by atoms with Crippen LogP contribution in [0.1, 0.15) is 45.8 Å². The number of carbonyl (C=O) groups excluding carboxylic acids is 2. The molecule has 3 heterocycles. The SMILES string of the molecule is Cc1ncc(C(=O)N2CC[C@H]3NC(=O)c4ccccc4OCC/C=C/C[C@H]3C2)cn1. The number of ether oxygens (including phenoxy) is 1. The molecule has 0 saturated carbocycles. The Hall–Kier alpha value is -3.22. The zero-order valence-corrected chi connectivity index (χ0v) is 17.1. The van der Waals surface area contributed by atoms with Gasteiger partial charge in [-0.1, -0.05) is 24.3 Å². The van der Waals surface area contributed by atoms with E-state index in [0.29, 0.717) is 48.8 Å². The second-order valence-electron chi connectivity index (χ2n) is 7.74. The van der Waals surface area contributed by atoms with Crippen molar-refractivity contribution in [3.8, 4) is 5.75 Å². The van der Waals surface area contributed by atoms with Crippen molar-refractivity contribution in [2.24, 2.45) is 5.92 Å². The van der Waals surface area contributed by atoms with E-state index in [0.717, 1.165) is 12.8 Å². The number of nitrogens with one attached hydrogen (secondary N) is 1. The van der Waals surface area contributed by atoms with Gasteiger partial charge in [0.25, 0.3) is 11.8 Å². The Morgan fingerprint density at radius 1 is 1.20 bits per heavy atom. The van der Waals surface area contributed by atoms with Gasteiger partial charge in [0.2, 0.25) is 0 Å². The summed E-state index contributed by atoms with van der Waals surface area (Å²) < 4.78 is 5.80. The van der Waals surface area contributed by atoms with E-state index in [1.165, 1.54) is 0 Å². The zero-order valence-electron chi connectivity index (χ0n) is 17.1. The molecule has 7 nitrogen and oxygen atoms in total. The third-order valence-corrected chi connectivity index (χ3v) is 5.64. The van der Waals surface area contributed by atoms with Crippen molar-refractivity contribution in [3.63, 3.8) is 0 Å². The maximum absolute atomic E-state index is 12.9. The van der Waals surface area contributed by atoms with Gasteiger partial charge in [-0.25, -0.2) is 9.97 Å². The highest BCUT2D eigenvalue weighted by Crippen LogP contribution is 2.25. The topological polar surface area (TPSA) is 84.4 Å². The van der Waals surface area contributed by atoms with Crippen LogP contribution in [0.25, 0.3) is 0 Å². The van der Waals surface area contributed by atoms with E-state index in [9.17, 15) is 9.59 Å². The first-order valence-electron chi connectivity index (χ1n) is 10.4. The predicted molar refractivity (Wildman–Crippen MR) is 112 cm³/mol. The average molecular weight is 406 g/mol. The van der Waals surface area contributed by atoms with Crippen LogP contribution in [-0.4, -0.2) is 52.4 Å². The molecule has 2 atom stereocenters. The van der Waals surface area contributed by atoms with E-state index in [1.54, 1.807) is 25.4 Å². The average Bonchev–Trinajstić information content (AvgIpc) is 2.76. The molecule has 1 aromatic carbocycles. The number of benzene rings is 1. The fraction of sp³-hybridized carbons (Fsp3) is 0.391. The molecule has 4 rings (SSSR count). The summed E-state index contributed by atoms with van der Waals surface area (Å²) in [5.41, 5.74) is 1.05. The van der Waals surface area contributed by atoms with Gasteiger partial charge >= 0.3 is 0 Å². The lowest BCUT2D eigenvalue weighted by atomic mass is 9.88. The number of rotatable bonds is 1. The fourth-order valence-corrected chi connectivity index (χ4v) is 3.98. The highest BCUT2D eigenvalue weighted by Gasteiger charge is 2.33. The van der Waals surface area contributed by atoms with Gasteiger partial charge in [-0.3, -0.25) is 9.59 Å². The molecule has 1 N–H and O–H groups in total. The number of allylic oxidation sites excluding steroid dienone is 1. The quantitative estimate of drug-likeness (QED) is 0.736. The molecule has 0 radical (unpaired) electrons. The van der Waals surface area contributed by atoms with E-state index in [-0.39, 0.29) is 23.8 Å². The van der Waals surface area contributed by atoms with Gasteiger partial charge in [0.15, 0.2) is 0 Å². The van der Waals surface area contributed by atoms with Crippen LogP contribution in [-0.2, 0) is 0 Å². The van der Waals surface area contributed by atoms with Crippen molar-refractivity contribution < 1.29 is 14.3 Å². The lowest BCUT2D eigenvalue weighted by Gasteiger charge is -2.38. The van der Waals surface area contributed by atoms with Crippen molar-refractivity contribution >= 4 is 11.8 Å². The largest absolute Gasteiger partial charge is 0.492 e. The first-order chi connectivity index (χ1) is 14.6. The van der Waals surface area contributed by atoms with E-state index in [1.807, 2.05) is 23.1 Å². The minimum absolute atomic E-state index is 0.00653. The summed E-state index contributed by atoms with van der Waals surface area (Å²) in [5, 5.41) is 3.18. The molecule has 30 heavy (non-hydrogen) atoms. The summed E-state index contributed by atoms with van der Waals surface area (Å²) >= 11 is 0. The maximum atomic E-state index is 12.9. The number of carbonyl (C=O) groups is 2. The molecule has 0 bridgehead atoms.